The predicted molar refractivity (Wildman–Crippen MR) is 70.6 cm³/mol. The van der Waals surface area contributed by atoms with Gasteiger partial charge in [-0.15, -0.1) is 0 Å². The second kappa shape index (κ2) is 4.50. The zero-order valence-electron chi connectivity index (χ0n) is 11.1. The summed E-state index contributed by atoms with van der Waals surface area (Å²) in [5, 5.41) is 0.907. The largest absolute Gasteiger partial charge is 0.496 e. The maximum Gasteiger partial charge on any atom is 0.221 e. The van der Waals surface area contributed by atoms with Crippen LogP contribution in [-0.4, -0.2) is 32.9 Å². The van der Waals surface area contributed by atoms with Crippen molar-refractivity contribution in [2.45, 2.75) is 6.42 Å². The topological polar surface area (TPSA) is 49.8 Å². The van der Waals surface area contributed by atoms with Gasteiger partial charge in [-0.3, -0.25) is 0 Å². The summed E-state index contributed by atoms with van der Waals surface area (Å²) in [7, 11) is 4.86. The summed E-state index contributed by atoms with van der Waals surface area (Å²) in [5.74, 6) is 2.66. The lowest BCUT2D eigenvalue weighted by molar-refractivity contribution is 0.343. The van der Waals surface area contributed by atoms with E-state index in [9.17, 15) is 0 Å². The first kappa shape index (κ1) is 11.9. The Morgan fingerprint density at radius 3 is 2.53 bits per heavy atom. The molecule has 100 valence electrons. The molecule has 0 unspecified atom stereocenters. The third-order valence-corrected chi connectivity index (χ3v) is 3.30. The van der Waals surface area contributed by atoms with Crippen LogP contribution in [0.4, 0.5) is 0 Å². The number of nitrogens with zero attached hydrogens (tertiary/aromatic N) is 1. The lowest BCUT2D eigenvalue weighted by atomic mass is 10.1. The highest BCUT2D eigenvalue weighted by molar-refractivity contribution is 5.94. The van der Waals surface area contributed by atoms with Crippen molar-refractivity contribution in [2.24, 2.45) is 0 Å². The summed E-state index contributed by atoms with van der Waals surface area (Å²) < 4.78 is 21.8. The van der Waals surface area contributed by atoms with Gasteiger partial charge in [-0.05, 0) is 12.1 Å². The summed E-state index contributed by atoms with van der Waals surface area (Å²) in [4.78, 5) is 4.54. The molecule has 1 aromatic heterocycles. The Hall–Kier alpha value is -2.17. The van der Waals surface area contributed by atoms with Crippen molar-refractivity contribution in [2.75, 3.05) is 27.9 Å². The second-order valence-corrected chi connectivity index (χ2v) is 4.22. The van der Waals surface area contributed by atoms with Crippen molar-refractivity contribution in [1.29, 1.82) is 0 Å². The molecule has 1 aliphatic rings. The predicted octanol–water partition coefficient (Wildman–Crippen LogP) is 2.20. The quantitative estimate of drug-likeness (QED) is 0.847. The van der Waals surface area contributed by atoms with E-state index in [0.29, 0.717) is 29.5 Å². The fourth-order valence-electron chi connectivity index (χ4n) is 2.46. The van der Waals surface area contributed by atoms with E-state index in [4.69, 9.17) is 18.9 Å². The van der Waals surface area contributed by atoms with Crippen LogP contribution in [0.25, 0.3) is 10.9 Å². The molecule has 1 aromatic carbocycles. The summed E-state index contributed by atoms with van der Waals surface area (Å²) in [6.45, 7) is 0.633. The van der Waals surface area contributed by atoms with Gasteiger partial charge in [0.25, 0.3) is 0 Å². The van der Waals surface area contributed by atoms with E-state index >= 15 is 0 Å². The fourth-order valence-corrected chi connectivity index (χ4v) is 2.46. The molecule has 2 aromatic rings. The first-order valence-corrected chi connectivity index (χ1v) is 6.04. The van der Waals surface area contributed by atoms with Crippen LogP contribution in [-0.2, 0) is 6.42 Å². The minimum Gasteiger partial charge on any atom is -0.496 e. The number of methoxy groups -OCH3 is 3. The van der Waals surface area contributed by atoms with Gasteiger partial charge < -0.3 is 18.9 Å². The highest BCUT2D eigenvalue weighted by Crippen LogP contribution is 2.43. The average Bonchev–Trinajstić information content (AvgIpc) is 2.91. The number of rotatable bonds is 3. The van der Waals surface area contributed by atoms with E-state index in [-0.39, 0.29) is 0 Å². The first-order valence-electron chi connectivity index (χ1n) is 6.04. The zero-order chi connectivity index (χ0) is 13.4. The van der Waals surface area contributed by atoms with Crippen LogP contribution in [0.3, 0.4) is 0 Å². The van der Waals surface area contributed by atoms with Gasteiger partial charge in [-0.2, -0.15) is 0 Å². The Bertz CT molecular complexity index is 639. The molecule has 0 atom stereocenters. The Morgan fingerprint density at radius 1 is 1.05 bits per heavy atom. The summed E-state index contributed by atoms with van der Waals surface area (Å²) in [6.07, 6.45) is 0.815. The normalized spacial score (nSPS) is 13.0. The van der Waals surface area contributed by atoms with Crippen molar-refractivity contribution in [3.8, 4) is 23.1 Å². The van der Waals surface area contributed by atoms with Crippen molar-refractivity contribution >= 4 is 10.9 Å². The molecule has 0 saturated heterocycles. The number of benzene rings is 1. The van der Waals surface area contributed by atoms with Crippen LogP contribution in [0, 0.1) is 0 Å². The van der Waals surface area contributed by atoms with Crippen molar-refractivity contribution in [1.82, 2.24) is 4.98 Å². The SMILES string of the molecule is COc1ccc2c(OC)c3c(nc2c1OC)OCC3. The van der Waals surface area contributed by atoms with E-state index in [0.717, 1.165) is 23.1 Å². The van der Waals surface area contributed by atoms with Gasteiger partial charge >= 0.3 is 0 Å². The molecule has 0 N–H and O–H groups in total. The van der Waals surface area contributed by atoms with Gasteiger partial charge in [0.05, 0.1) is 33.5 Å². The minimum atomic E-state index is 0.594. The van der Waals surface area contributed by atoms with Gasteiger partial charge in [-0.1, -0.05) is 0 Å². The smallest absolute Gasteiger partial charge is 0.221 e. The Labute approximate surface area is 111 Å². The second-order valence-electron chi connectivity index (χ2n) is 4.22. The monoisotopic (exact) mass is 261 g/mol. The number of hydrogen-bond acceptors (Lipinski definition) is 5. The first-order chi connectivity index (χ1) is 9.30. The standard InChI is InChI=1S/C14H15NO4/c1-16-10-5-4-8-11(13(10)18-3)15-14-9(6-7-19-14)12(8)17-2/h4-5H,6-7H2,1-3H3. The zero-order valence-corrected chi connectivity index (χ0v) is 11.1. The van der Waals surface area contributed by atoms with Gasteiger partial charge in [0.1, 0.15) is 11.3 Å². The molecule has 0 aliphatic carbocycles. The van der Waals surface area contributed by atoms with Crippen LogP contribution in [0.15, 0.2) is 12.1 Å². The Kier molecular flexibility index (Phi) is 2.81. The van der Waals surface area contributed by atoms with Gasteiger partial charge in [-0.25, -0.2) is 4.98 Å². The number of pyridine rings is 1. The van der Waals surface area contributed by atoms with E-state index < -0.39 is 0 Å². The van der Waals surface area contributed by atoms with Crippen molar-refractivity contribution in [3.63, 3.8) is 0 Å². The molecular formula is C14H15NO4. The molecule has 2 heterocycles. The molecule has 0 fully saturated rings. The number of hydrogen-bond donors (Lipinski definition) is 0. The molecule has 0 amide bonds. The van der Waals surface area contributed by atoms with E-state index in [1.165, 1.54) is 0 Å². The van der Waals surface area contributed by atoms with Crippen molar-refractivity contribution < 1.29 is 18.9 Å². The third-order valence-electron chi connectivity index (χ3n) is 3.30. The van der Waals surface area contributed by atoms with Crippen LogP contribution in [0.5, 0.6) is 23.1 Å². The molecule has 0 saturated carbocycles. The van der Waals surface area contributed by atoms with Crippen LogP contribution in [0.1, 0.15) is 5.56 Å². The molecule has 0 bridgehead atoms. The van der Waals surface area contributed by atoms with Gasteiger partial charge in [0, 0.05) is 11.8 Å². The minimum absolute atomic E-state index is 0.594. The number of ether oxygens (including phenoxy) is 4. The van der Waals surface area contributed by atoms with Crippen LogP contribution >= 0.6 is 0 Å². The summed E-state index contributed by atoms with van der Waals surface area (Å²) >= 11 is 0. The lowest BCUT2D eigenvalue weighted by Gasteiger charge is -2.14. The molecular weight excluding hydrogens is 246 g/mol. The summed E-state index contributed by atoms with van der Waals surface area (Å²) in [6, 6.07) is 3.79. The molecule has 5 nitrogen and oxygen atoms in total. The van der Waals surface area contributed by atoms with E-state index in [1.807, 2.05) is 12.1 Å². The lowest BCUT2D eigenvalue weighted by Crippen LogP contribution is -1.97. The van der Waals surface area contributed by atoms with Gasteiger partial charge in [0.2, 0.25) is 5.88 Å². The number of aromatic nitrogens is 1. The van der Waals surface area contributed by atoms with Gasteiger partial charge in [0.15, 0.2) is 11.5 Å². The highest BCUT2D eigenvalue weighted by Gasteiger charge is 2.24. The van der Waals surface area contributed by atoms with Crippen LogP contribution in [0.2, 0.25) is 0 Å². The molecule has 1 aliphatic heterocycles. The maximum absolute atomic E-state index is 5.53. The molecule has 3 rings (SSSR count). The van der Waals surface area contributed by atoms with E-state index in [1.54, 1.807) is 21.3 Å². The number of fused-ring (bicyclic) bond motifs is 2. The van der Waals surface area contributed by atoms with Crippen molar-refractivity contribution in [3.05, 3.63) is 17.7 Å². The third kappa shape index (κ3) is 1.65. The Balaban J connectivity index is 2.39. The van der Waals surface area contributed by atoms with E-state index in [2.05, 4.69) is 4.98 Å². The molecule has 0 radical (unpaired) electrons. The molecule has 19 heavy (non-hydrogen) atoms. The molecule has 5 heteroatoms. The highest BCUT2D eigenvalue weighted by atomic mass is 16.5. The van der Waals surface area contributed by atoms with Crippen LogP contribution < -0.4 is 18.9 Å². The average molecular weight is 261 g/mol. The molecule has 0 spiro atoms. The summed E-state index contributed by atoms with van der Waals surface area (Å²) in [5.41, 5.74) is 1.71. The fraction of sp³-hybridized carbons (Fsp3) is 0.357. The maximum atomic E-state index is 5.53. The Morgan fingerprint density at radius 2 is 1.84 bits per heavy atom.